The van der Waals surface area contributed by atoms with Crippen LogP contribution in [-0.2, 0) is 11.1 Å². The van der Waals surface area contributed by atoms with E-state index in [1.54, 1.807) is 32.0 Å². The molecule has 2 aromatic carbocycles. The summed E-state index contributed by atoms with van der Waals surface area (Å²) >= 11 is 3.38. The number of hydrogen-bond acceptors (Lipinski definition) is 9. The van der Waals surface area contributed by atoms with Gasteiger partial charge in [-0.25, -0.2) is 9.97 Å². The van der Waals surface area contributed by atoms with E-state index in [1.165, 1.54) is 24.3 Å². The second-order valence-corrected chi connectivity index (χ2v) is 12.4. The Morgan fingerprint density at radius 3 is 2.64 bits per heavy atom. The molecule has 1 aliphatic heterocycles. The number of amides is 1. The summed E-state index contributed by atoms with van der Waals surface area (Å²) in [5.41, 5.74) is 6.34. The van der Waals surface area contributed by atoms with Gasteiger partial charge in [0.25, 0.3) is 5.91 Å². The Balaban J connectivity index is 1.37. The molecule has 1 fully saturated rings. The molecular weight excluding hydrogens is 642 g/mol. The fourth-order valence-corrected chi connectivity index (χ4v) is 5.79. The van der Waals surface area contributed by atoms with Crippen LogP contribution in [0.4, 0.5) is 8.78 Å². The topological polar surface area (TPSA) is 160 Å². The lowest BCUT2D eigenvalue weighted by molar-refractivity contribution is -0.0489. The fourth-order valence-electron chi connectivity index (χ4n) is 5.45. The monoisotopic (exact) mass is 670 g/mol. The van der Waals surface area contributed by atoms with Gasteiger partial charge in [0.15, 0.2) is 23.0 Å². The van der Waals surface area contributed by atoms with Crippen molar-refractivity contribution in [1.29, 1.82) is 0 Å². The molecule has 0 saturated heterocycles. The number of benzene rings is 2. The van der Waals surface area contributed by atoms with Gasteiger partial charge in [0.2, 0.25) is 0 Å². The first-order valence-corrected chi connectivity index (χ1v) is 14.6. The van der Waals surface area contributed by atoms with Gasteiger partial charge in [0.05, 0.1) is 23.5 Å². The van der Waals surface area contributed by atoms with Crippen LogP contribution < -0.4 is 20.5 Å². The van der Waals surface area contributed by atoms with Gasteiger partial charge in [-0.15, -0.1) is 0 Å². The van der Waals surface area contributed by atoms with Crippen molar-refractivity contribution in [2.24, 2.45) is 11.7 Å². The smallest absolute Gasteiger partial charge is 0.387 e. The molecule has 1 aliphatic carbocycles. The highest BCUT2D eigenvalue weighted by Crippen LogP contribution is 2.49. The quantitative estimate of drug-likeness (QED) is 0.163. The minimum Gasteiger partial charge on any atom is -0.504 e. The highest BCUT2D eigenvalue weighted by Gasteiger charge is 2.48. The van der Waals surface area contributed by atoms with Gasteiger partial charge in [-0.05, 0) is 91.0 Å². The molecule has 2 aliphatic rings. The number of rotatable bonds is 8. The van der Waals surface area contributed by atoms with E-state index in [0.29, 0.717) is 51.0 Å². The lowest BCUT2D eigenvalue weighted by Crippen LogP contribution is -2.43. The van der Waals surface area contributed by atoms with Crippen molar-refractivity contribution in [2.45, 2.75) is 44.4 Å². The summed E-state index contributed by atoms with van der Waals surface area (Å²) in [5.74, 6) is -1.39. The van der Waals surface area contributed by atoms with E-state index in [-0.39, 0.29) is 53.1 Å². The zero-order chi connectivity index (χ0) is 31.6. The minimum atomic E-state index is -3.13. The number of nitrogens with zero attached hydrogens (tertiary/aromatic N) is 2. The van der Waals surface area contributed by atoms with E-state index < -0.39 is 23.7 Å². The van der Waals surface area contributed by atoms with Gasteiger partial charge in [-0.1, -0.05) is 0 Å². The van der Waals surface area contributed by atoms with E-state index in [0.717, 1.165) is 0 Å². The van der Waals surface area contributed by atoms with Crippen molar-refractivity contribution in [3.05, 3.63) is 69.5 Å². The van der Waals surface area contributed by atoms with E-state index in [1.807, 2.05) is 0 Å². The lowest BCUT2D eigenvalue weighted by atomic mass is 9.87. The predicted molar refractivity (Wildman–Crippen MR) is 160 cm³/mol. The number of hydrogen-bond donors (Lipinski definition) is 5. The maximum absolute atomic E-state index is 13.4. The number of aliphatic hydroxyl groups is 1. The molecule has 3 heterocycles. The molecule has 0 radical (unpaired) electrons. The molecule has 2 atom stereocenters. The number of carbonyl (C=O) groups excluding carboxylic acids is 1. The minimum absolute atomic E-state index is 0.0361. The Bertz CT molecular complexity index is 1820. The van der Waals surface area contributed by atoms with Gasteiger partial charge in [-0.3, -0.25) is 4.79 Å². The van der Waals surface area contributed by atoms with E-state index in [4.69, 9.17) is 20.2 Å². The lowest BCUT2D eigenvalue weighted by Gasteiger charge is -2.30. The van der Waals surface area contributed by atoms with Crippen LogP contribution in [0, 0.1) is 12.8 Å². The Morgan fingerprint density at radius 1 is 1.20 bits per heavy atom. The maximum Gasteiger partial charge on any atom is 0.387 e. The second kappa shape index (κ2) is 10.8. The van der Waals surface area contributed by atoms with Crippen LogP contribution in [0.2, 0.25) is 0 Å². The van der Waals surface area contributed by atoms with E-state index >= 15 is 0 Å². The third-order valence-electron chi connectivity index (χ3n) is 8.06. The number of nitrogens with one attached hydrogen (secondary N) is 1. The van der Waals surface area contributed by atoms with Crippen LogP contribution in [0.5, 0.6) is 23.0 Å². The van der Waals surface area contributed by atoms with Crippen molar-refractivity contribution in [1.82, 2.24) is 15.3 Å². The number of alkyl halides is 2. The van der Waals surface area contributed by atoms with Crippen LogP contribution >= 0.6 is 15.9 Å². The molecule has 0 spiro atoms. The standard InChI is InChI=1S/C31H29BrF2N4O6/c1-14-20(32)8-16-7-17(10-23(25(16)37-14)44-29(33)34)28(41)36-12-31(42,18-4-5-18)24-11-19-27(43-13-30(19,2)35)26(38-24)15-3-6-21(39)22(40)9-15/h3,6-11,18,29,39-40,42H,4-5,12-13,35H2,1-2H3,(H,36,41)/t30-,31+/m0/s1. The summed E-state index contributed by atoms with van der Waals surface area (Å²) in [7, 11) is 0. The number of phenols is 2. The molecule has 0 bridgehead atoms. The van der Waals surface area contributed by atoms with Gasteiger partial charge in [-0.2, -0.15) is 8.78 Å². The highest BCUT2D eigenvalue weighted by atomic mass is 79.9. The van der Waals surface area contributed by atoms with Crippen LogP contribution in [0.3, 0.4) is 0 Å². The third kappa shape index (κ3) is 5.39. The van der Waals surface area contributed by atoms with Gasteiger partial charge >= 0.3 is 6.61 Å². The number of pyridine rings is 2. The summed E-state index contributed by atoms with van der Waals surface area (Å²) in [6.45, 7) is 0.265. The normalized spacial score (nSPS) is 19.0. The zero-order valence-corrected chi connectivity index (χ0v) is 25.3. The summed E-state index contributed by atoms with van der Waals surface area (Å²) in [6, 6.07) is 10.3. The number of ether oxygens (including phenoxy) is 2. The molecule has 44 heavy (non-hydrogen) atoms. The van der Waals surface area contributed by atoms with Crippen LogP contribution in [0.1, 0.15) is 47.1 Å². The van der Waals surface area contributed by atoms with Crippen molar-refractivity contribution >= 4 is 32.7 Å². The molecule has 13 heteroatoms. The molecule has 1 saturated carbocycles. The fraction of sp³-hybridized carbons (Fsp3) is 0.323. The molecule has 10 nitrogen and oxygen atoms in total. The van der Waals surface area contributed by atoms with Crippen molar-refractivity contribution in [3.63, 3.8) is 0 Å². The molecule has 6 N–H and O–H groups in total. The number of halogens is 3. The predicted octanol–water partition coefficient (Wildman–Crippen LogP) is 4.97. The van der Waals surface area contributed by atoms with Crippen molar-refractivity contribution in [3.8, 4) is 34.3 Å². The average Bonchev–Trinajstić information content (AvgIpc) is 3.78. The number of nitrogens with two attached hydrogens (primary N) is 1. The van der Waals surface area contributed by atoms with Crippen molar-refractivity contribution in [2.75, 3.05) is 13.2 Å². The summed E-state index contributed by atoms with van der Waals surface area (Å²) < 4.78 is 37.7. The van der Waals surface area contributed by atoms with Crippen molar-refractivity contribution < 1.29 is 38.4 Å². The average molecular weight is 671 g/mol. The highest BCUT2D eigenvalue weighted by molar-refractivity contribution is 9.10. The first-order valence-electron chi connectivity index (χ1n) is 13.8. The van der Waals surface area contributed by atoms with Gasteiger partial charge in [0, 0.05) is 26.5 Å². The Kier molecular flexibility index (Phi) is 7.38. The van der Waals surface area contributed by atoms with E-state index in [2.05, 4.69) is 26.2 Å². The SMILES string of the molecule is Cc1nc2c(OC(F)F)cc(C(=O)NC[C@](O)(c3cc4c(c(-c5ccc(O)c(O)c5)n3)OC[C@]4(C)N)C3CC3)cc2cc1Br. The number of fused-ring (bicyclic) bond motifs is 2. The summed E-state index contributed by atoms with van der Waals surface area (Å²) in [6.07, 6.45) is 1.36. The second-order valence-electron chi connectivity index (χ2n) is 11.5. The van der Waals surface area contributed by atoms with Crippen LogP contribution in [0.25, 0.3) is 22.2 Å². The number of carbonyl (C=O) groups is 1. The maximum atomic E-state index is 13.4. The Hall–Kier alpha value is -4.07. The molecule has 2 aromatic heterocycles. The summed E-state index contributed by atoms with van der Waals surface area (Å²) in [5, 5.41) is 35.3. The largest absolute Gasteiger partial charge is 0.504 e. The van der Waals surface area contributed by atoms with Crippen LogP contribution in [0.15, 0.2) is 46.9 Å². The zero-order valence-electron chi connectivity index (χ0n) is 23.7. The third-order valence-corrected chi connectivity index (χ3v) is 8.86. The van der Waals surface area contributed by atoms with E-state index in [9.17, 15) is 28.9 Å². The summed E-state index contributed by atoms with van der Waals surface area (Å²) in [4.78, 5) is 22.5. The molecular formula is C31H29BrF2N4O6. The molecule has 4 aromatic rings. The molecule has 1 amide bonds. The Morgan fingerprint density at radius 2 is 1.95 bits per heavy atom. The van der Waals surface area contributed by atoms with Crippen LogP contribution in [-0.4, -0.2) is 51.0 Å². The molecule has 6 rings (SSSR count). The Labute approximate surface area is 259 Å². The molecule has 230 valence electrons. The number of phenolic OH excluding ortho intramolecular Hbond substituents is 2. The first-order chi connectivity index (χ1) is 20.8. The van der Waals surface area contributed by atoms with Gasteiger partial charge < -0.3 is 35.8 Å². The number of aromatic hydroxyl groups is 2. The number of aromatic nitrogens is 2. The first kappa shape index (κ1) is 30.0. The van der Waals surface area contributed by atoms with Gasteiger partial charge in [0.1, 0.15) is 23.4 Å². The molecule has 0 unspecified atom stereocenters. The number of aryl methyl sites for hydroxylation is 1.